The Balaban J connectivity index is 0.000000252. The summed E-state index contributed by atoms with van der Waals surface area (Å²) in [4.78, 5) is 0. The Kier molecular flexibility index (Phi) is 5.48. The van der Waals surface area contributed by atoms with Crippen LogP contribution in [0.2, 0.25) is 5.02 Å². The Morgan fingerprint density at radius 3 is 1.62 bits per heavy atom. The Morgan fingerprint density at radius 1 is 1.08 bits per heavy atom. The number of rotatable bonds is 0. The summed E-state index contributed by atoms with van der Waals surface area (Å²) in [5.74, 6) is 0. The maximum absolute atomic E-state index is 9.16. The molecule has 0 saturated heterocycles. The van der Waals surface area contributed by atoms with Crippen LogP contribution in [0, 0.1) is 0 Å². The van der Waals surface area contributed by atoms with Gasteiger partial charge in [0.15, 0.2) is 0 Å². The Hall–Kier alpha value is -0.160. The number of nitrogen functional groups attached to an aromatic ring is 1. The Labute approximate surface area is 90.3 Å². The van der Waals surface area contributed by atoms with Crippen LogP contribution in [0.25, 0.3) is 0 Å². The largest absolute Gasteiger partial charge is 0.399 e. The molecule has 0 spiro atoms. The van der Waals surface area contributed by atoms with Crippen LogP contribution in [-0.4, -0.2) is 8.42 Å². The second-order valence-electron chi connectivity index (χ2n) is 1.93. The fourth-order valence-electron chi connectivity index (χ4n) is 0.463. The van der Waals surface area contributed by atoms with Gasteiger partial charge in [-0.3, -0.25) is 0 Å². The minimum atomic E-state index is -3.72. The highest BCUT2D eigenvalue weighted by Crippen LogP contribution is 2.09. The first-order valence-electron chi connectivity index (χ1n) is 2.94. The molecule has 1 aromatic carbocycles. The first-order valence-corrected chi connectivity index (χ1v) is 6.45. The van der Waals surface area contributed by atoms with Gasteiger partial charge in [0.2, 0.25) is 0 Å². The highest BCUT2D eigenvalue weighted by molar-refractivity contribution is 8.31. The van der Waals surface area contributed by atoms with E-state index in [0.29, 0.717) is 0 Å². The van der Waals surface area contributed by atoms with Crippen LogP contribution in [0.15, 0.2) is 24.3 Å². The van der Waals surface area contributed by atoms with Crippen molar-refractivity contribution in [3.05, 3.63) is 29.3 Å². The lowest BCUT2D eigenvalue weighted by Crippen LogP contribution is -1.80. The summed E-state index contributed by atoms with van der Waals surface area (Å²) in [6.45, 7) is 0. The molecule has 1 aromatic rings. The molecule has 0 saturated carbocycles. The molecule has 0 aliphatic rings. The third-order valence-corrected chi connectivity index (χ3v) is 1.12. The highest BCUT2D eigenvalue weighted by Gasteiger charge is 1.88. The fourth-order valence-corrected chi connectivity index (χ4v) is 0.589. The summed E-state index contributed by atoms with van der Waals surface area (Å²) in [7, 11) is 4.81. The Bertz CT molecular complexity index is 320. The lowest BCUT2D eigenvalue weighted by atomic mass is 10.3. The van der Waals surface area contributed by atoms with E-state index >= 15 is 0 Å². The molecule has 74 valence electrons. The van der Waals surface area contributed by atoms with Gasteiger partial charge < -0.3 is 5.73 Å². The molecule has 0 unspecified atom stereocenters. The van der Waals surface area contributed by atoms with Crippen molar-refractivity contribution >= 4 is 46.9 Å². The zero-order valence-corrected chi connectivity index (χ0v) is 9.33. The maximum Gasteiger partial charge on any atom is 0.317 e. The van der Waals surface area contributed by atoms with Crippen molar-refractivity contribution in [3.63, 3.8) is 0 Å². The summed E-state index contributed by atoms with van der Waals surface area (Å²) in [6.07, 6.45) is 0. The third-order valence-electron chi connectivity index (χ3n) is 0.870. The molecule has 0 aliphatic carbocycles. The number of hydrogen-bond donors (Lipinski definition) is 1. The van der Waals surface area contributed by atoms with Gasteiger partial charge in [-0.15, -0.1) is 0 Å². The van der Waals surface area contributed by atoms with Crippen LogP contribution < -0.4 is 5.73 Å². The number of hydrogen-bond acceptors (Lipinski definition) is 3. The van der Waals surface area contributed by atoms with Crippen molar-refractivity contribution in [1.82, 2.24) is 0 Å². The molecule has 0 aromatic heterocycles. The van der Waals surface area contributed by atoms with E-state index in [9.17, 15) is 0 Å². The molecule has 0 radical (unpaired) electrons. The van der Waals surface area contributed by atoms with Gasteiger partial charge in [0.05, 0.1) is 0 Å². The predicted octanol–water partition coefficient (Wildman–Crippen LogP) is 2.63. The highest BCUT2D eigenvalue weighted by atomic mass is 36.0. The van der Waals surface area contributed by atoms with Gasteiger partial charge in [0, 0.05) is 32.1 Å². The fraction of sp³-hybridized carbons (Fsp3) is 0. The average Bonchev–Trinajstić information content (AvgIpc) is 1.92. The third kappa shape index (κ3) is 11.8. The smallest absolute Gasteiger partial charge is 0.317 e. The molecule has 0 aliphatic heterocycles. The summed E-state index contributed by atoms with van der Waals surface area (Å²) >= 11 is 5.56. The van der Waals surface area contributed by atoms with Crippen LogP contribution in [0.1, 0.15) is 0 Å². The molecular formula is C6H6Cl3NO2S. The van der Waals surface area contributed by atoms with Gasteiger partial charge >= 0.3 is 8.26 Å². The predicted molar refractivity (Wildman–Crippen MR) is 56.5 cm³/mol. The molecule has 0 bridgehead atoms. The summed E-state index contributed by atoms with van der Waals surface area (Å²) < 4.78 is 18.3. The van der Waals surface area contributed by atoms with Crippen LogP contribution in [0.5, 0.6) is 0 Å². The zero-order valence-electron chi connectivity index (χ0n) is 6.25. The van der Waals surface area contributed by atoms with Crippen molar-refractivity contribution < 1.29 is 8.42 Å². The van der Waals surface area contributed by atoms with E-state index in [4.69, 9.17) is 25.8 Å². The van der Waals surface area contributed by atoms with E-state index in [2.05, 4.69) is 21.4 Å². The van der Waals surface area contributed by atoms with Crippen molar-refractivity contribution in [2.45, 2.75) is 0 Å². The first kappa shape index (κ1) is 12.8. The SMILES string of the molecule is Nc1ccc(Cl)cc1.O=S(=O)(Cl)Cl. The van der Waals surface area contributed by atoms with Gasteiger partial charge in [-0.2, -0.15) is 8.42 Å². The summed E-state index contributed by atoms with van der Waals surface area (Å²) in [6, 6.07) is 7.05. The van der Waals surface area contributed by atoms with E-state index in [1.807, 2.05) is 0 Å². The lowest BCUT2D eigenvalue weighted by Gasteiger charge is -1.88. The minimum Gasteiger partial charge on any atom is -0.399 e. The molecule has 1 rings (SSSR count). The monoisotopic (exact) mass is 261 g/mol. The van der Waals surface area contributed by atoms with Crippen molar-refractivity contribution in [2.75, 3.05) is 5.73 Å². The topological polar surface area (TPSA) is 60.2 Å². The summed E-state index contributed by atoms with van der Waals surface area (Å²) in [5, 5.41) is 0.721. The van der Waals surface area contributed by atoms with E-state index < -0.39 is 8.26 Å². The lowest BCUT2D eigenvalue weighted by molar-refractivity contribution is 0.621. The van der Waals surface area contributed by atoms with Crippen LogP contribution in [0.3, 0.4) is 0 Å². The molecule has 0 fully saturated rings. The van der Waals surface area contributed by atoms with Gasteiger partial charge in [0.25, 0.3) is 0 Å². The molecular weight excluding hydrogens is 256 g/mol. The second-order valence-corrected chi connectivity index (χ2v) is 6.03. The molecule has 0 atom stereocenters. The number of benzene rings is 1. The minimum absolute atomic E-state index is 0.721. The van der Waals surface area contributed by atoms with Gasteiger partial charge in [-0.1, -0.05) is 11.6 Å². The van der Waals surface area contributed by atoms with Crippen molar-refractivity contribution in [3.8, 4) is 0 Å². The van der Waals surface area contributed by atoms with Gasteiger partial charge in [0.1, 0.15) is 0 Å². The zero-order chi connectivity index (χ0) is 10.5. The molecule has 0 heterocycles. The van der Waals surface area contributed by atoms with E-state index in [1.165, 1.54) is 0 Å². The Morgan fingerprint density at radius 2 is 1.38 bits per heavy atom. The number of anilines is 1. The normalized spacial score (nSPS) is 10.1. The number of halogens is 3. The second kappa shape index (κ2) is 5.54. The van der Waals surface area contributed by atoms with E-state index in [1.54, 1.807) is 24.3 Å². The number of nitrogens with two attached hydrogens (primary N) is 1. The average molecular weight is 263 g/mol. The standard InChI is InChI=1S/C6H6ClN.Cl2O2S/c7-5-1-3-6(8)4-2-5;1-5(2,3)4/h1-4H,8H2;. The van der Waals surface area contributed by atoms with Crippen molar-refractivity contribution in [2.24, 2.45) is 0 Å². The van der Waals surface area contributed by atoms with Gasteiger partial charge in [-0.05, 0) is 24.3 Å². The van der Waals surface area contributed by atoms with Crippen LogP contribution in [-0.2, 0) is 8.26 Å². The van der Waals surface area contributed by atoms with Crippen LogP contribution in [0.4, 0.5) is 5.69 Å². The molecule has 7 heteroatoms. The van der Waals surface area contributed by atoms with Gasteiger partial charge in [-0.25, -0.2) is 0 Å². The van der Waals surface area contributed by atoms with E-state index in [0.717, 1.165) is 10.7 Å². The van der Waals surface area contributed by atoms with Crippen LogP contribution >= 0.6 is 33.0 Å². The molecule has 3 nitrogen and oxygen atoms in total. The molecule has 2 N–H and O–H groups in total. The first-order chi connectivity index (χ1) is 5.79. The van der Waals surface area contributed by atoms with E-state index in [-0.39, 0.29) is 0 Å². The maximum atomic E-state index is 9.16. The van der Waals surface area contributed by atoms with Crippen molar-refractivity contribution in [1.29, 1.82) is 0 Å². The molecule has 13 heavy (non-hydrogen) atoms. The summed E-state index contributed by atoms with van der Waals surface area (Å²) in [5.41, 5.74) is 6.11. The quantitative estimate of drug-likeness (QED) is 0.577. The molecule has 0 amide bonds.